The van der Waals surface area contributed by atoms with E-state index in [0.717, 1.165) is 11.1 Å². The third kappa shape index (κ3) is 3.92. The summed E-state index contributed by atoms with van der Waals surface area (Å²) in [6.45, 7) is 1.91. The van der Waals surface area contributed by atoms with Crippen molar-refractivity contribution in [1.29, 1.82) is 0 Å². The van der Waals surface area contributed by atoms with E-state index in [1.807, 2.05) is 13.0 Å². The van der Waals surface area contributed by atoms with Crippen LogP contribution in [-0.4, -0.2) is 24.3 Å². The summed E-state index contributed by atoms with van der Waals surface area (Å²) >= 11 is 5.98. The van der Waals surface area contributed by atoms with E-state index in [1.165, 1.54) is 7.11 Å². The predicted molar refractivity (Wildman–Crippen MR) is 84.9 cm³/mol. The maximum atomic E-state index is 11.5. The van der Waals surface area contributed by atoms with Gasteiger partial charge >= 0.3 is 5.97 Å². The van der Waals surface area contributed by atoms with E-state index < -0.39 is 12.1 Å². The number of carboxylic acid groups (broad SMARTS) is 1. The van der Waals surface area contributed by atoms with E-state index in [2.05, 4.69) is 0 Å². The van der Waals surface area contributed by atoms with Gasteiger partial charge in [0.05, 0.1) is 7.11 Å². The molecule has 0 saturated heterocycles. The third-order valence-electron chi connectivity index (χ3n) is 3.33. The lowest BCUT2D eigenvalue weighted by atomic mass is 10.0. The molecular weight excluding hydrogens is 304 g/mol. The Labute approximate surface area is 134 Å². The van der Waals surface area contributed by atoms with Crippen LogP contribution in [0.1, 0.15) is 11.1 Å². The largest absolute Gasteiger partial charge is 0.493 e. The van der Waals surface area contributed by atoms with Crippen LogP contribution in [0.5, 0.6) is 11.5 Å². The van der Waals surface area contributed by atoms with Gasteiger partial charge in [0, 0.05) is 11.4 Å². The molecule has 5 heteroatoms. The number of aryl methyl sites for hydroxylation is 1. The smallest absolute Gasteiger partial charge is 0.345 e. The molecule has 22 heavy (non-hydrogen) atoms. The van der Waals surface area contributed by atoms with Gasteiger partial charge in [-0.05, 0) is 42.3 Å². The van der Waals surface area contributed by atoms with Gasteiger partial charge in [0.2, 0.25) is 0 Å². The van der Waals surface area contributed by atoms with Crippen LogP contribution in [0, 0.1) is 6.92 Å². The molecule has 0 aromatic heterocycles. The molecule has 0 amide bonds. The highest BCUT2D eigenvalue weighted by molar-refractivity contribution is 6.30. The van der Waals surface area contributed by atoms with Crippen LogP contribution in [-0.2, 0) is 11.2 Å². The number of carboxylic acids is 1. The van der Waals surface area contributed by atoms with Crippen LogP contribution in [0.15, 0.2) is 42.5 Å². The number of methoxy groups -OCH3 is 1. The molecule has 0 fully saturated rings. The first kappa shape index (κ1) is 16.2. The van der Waals surface area contributed by atoms with Crippen molar-refractivity contribution < 1.29 is 19.4 Å². The summed E-state index contributed by atoms with van der Waals surface area (Å²) in [5.74, 6) is -0.140. The molecule has 2 aromatic carbocycles. The molecule has 2 aromatic rings. The average Bonchev–Trinajstić information content (AvgIpc) is 2.50. The number of aliphatic carboxylic acids is 1. The molecule has 0 radical (unpaired) electrons. The van der Waals surface area contributed by atoms with Gasteiger partial charge < -0.3 is 14.6 Å². The van der Waals surface area contributed by atoms with Crippen LogP contribution in [0.4, 0.5) is 0 Å². The summed E-state index contributed by atoms with van der Waals surface area (Å²) < 4.78 is 10.8. The van der Waals surface area contributed by atoms with Crippen molar-refractivity contribution in [2.45, 2.75) is 19.4 Å². The molecule has 2 rings (SSSR count). The second-order valence-corrected chi connectivity index (χ2v) is 5.31. The Bertz CT molecular complexity index is 669. The quantitative estimate of drug-likeness (QED) is 0.881. The number of ether oxygens (including phenoxy) is 2. The fourth-order valence-electron chi connectivity index (χ4n) is 2.11. The lowest BCUT2D eigenvalue weighted by Crippen LogP contribution is -2.29. The monoisotopic (exact) mass is 320 g/mol. The lowest BCUT2D eigenvalue weighted by Gasteiger charge is -2.18. The number of benzene rings is 2. The number of para-hydroxylation sites is 2. The highest BCUT2D eigenvalue weighted by Crippen LogP contribution is 2.28. The van der Waals surface area contributed by atoms with Gasteiger partial charge in [-0.3, -0.25) is 0 Å². The molecule has 1 unspecified atom stereocenters. The molecule has 1 N–H and O–H groups in total. The molecule has 0 bridgehead atoms. The van der Waals surface area contributed by atoms with Crippen molar-refractivity contribution in [2.24, 2.45) is 0 Å². The van der Waals surface area contributed by atoms with Crippen molar-refractivity contribution in [3.8, 4) is 11.5 Å². The Morgan fingerprint density at radius 1 is 1.23 bits per heavy atom. The Hall–Kier alpha value is -2.20. The predicted octanol–water partition coefficient (Wildman–Crippen LogP) is 3.73. The maximum Gasteiger partial charge on any atom is 0.345 e. The number of carbonyl (C=O) groups is 1. The fourth-order valence-corrected chi connectivity index (χ4v) is 2.30. The molecule has 0 aliphatic heterocycles. The van der Waals surface area contributed by atoms with E-state index >= 15 is 0 Å². The van der Waals surface area contributed by atoms with Gasteiger partial charge in [-0.1, -0.05) is 29.8 Å². The highest BCUT2D eigenvalue weighted by Gasteiger charge is 2.22. The Kier molecular flexibility index (Phi) is 5.28. The van der Waals surface area contributed by atoms with Crippen molar-refractivity contribution in [3.63, 3.8) is 0 Å². The molecule has 1 atom stereocenters. The van der Waals surface area contributed by atoms with Gasteiger partial charge in [0.15, 0.2) is 17.6 Å². The summed E-state index contributed by atoms with van der Waals surface area (Å²) in [7, 11) is 1.51. The maximum absolute atomic E-state index is 11.5. The number of hydrogen-bond donors (Lipinski definition) is 1. The average molecular weight is 321 g/mol. The van der Waals surface area contributed by atoms with Crippen LogP contribution in [0.25, 0.3) is 0 Å². The van der Waals surface area contributed by atoms with E-state index in [0.29, 0.717) is 16.5 Å². The molecular formula is C17H17ClO4. The van der Waals surface area contributed by atoms with Crippen LogP contribution < -0.4 is 9.47 Å². The first-order valence-corrected chi connectivity index (χ1v) is 7.16. The summed E-state index contributed by atoms with van der Waals surface area (Å²) in [5.41, 5.74) is 1.81. The van der Waals surface area contributed by atoms with Crippen LogP contribution in [0.2, 0.25) is 5.02 Å². The Balaban J connectivity index is 2.24. The minimum Gasteiger partial charge on any atom is -0.493 e. The standard InChI is InChI=1S/C17H17ClO4/c1-11-7-8-13(18)9-12(11)10-16(17(19)20)22-15-6-4-3-5-14(15)21-2/h3-9,16H,10H2,1-2H3,(H,19,20). The molecule has 0 heterocycles. The minimum atomic E-state index is -1.04. The fraction of sp³-hybridized carbons (Fsp3) is 0.235. The number of hydrogen-bond acceptors (Lipinski definition) is 3. The Morgan fingerprint density at radius 2 is 1.91 bits per heavy atom. The van der Waals surface area contributed by atoms with Crippen molar-refractivity contribution in [2.75, 3.05) is 7.11 Å². The summed E-state index contributed by atoms with van der Waals surface area (Å²) in [5, 5.41) is 9.99. The second-order valence-electron chi connectivity index (χ2n) is 4.87. The zero-order chi connectivity index (χ0) is 16.1. The molecule has 0 saturated carbocycles. The van der Waals surface area contributed by atoms with E-state index in [9.17, 15) is 9.90 Å². The van der Waals surface area contributed by atoms with Gasteiger partial charge in [0.25, 0.3) is 0 Å². The number of halogens is 1. The van der Waals surface area contributed by atoms with Gasteiger partial charge in [-0.2, -0.15) is 0 Å². The summed E-state index contributed by atoms with van der Waals surface area (Å²) in [6.07, 6.45) is -0.798. The zero-order valence-corrected chi connectivity index (χ0v) is 13.1. The minimum absolute atomic E-state index is 0.222. The first-order chi connectivity index (χ1) is 10.5. The van der Waals surface area contributed by atoms with Gasteiger partial charge in [0.1, 0.15) is 0 Å². The third-order valence-corrected chi connectivity index (χ3v) is 3.57. The normalized spacial score (nSPS) is 11.8. The van der Waals surface area contributed by atoms with E-state index in [1.54, 1.807) is 36.4 Å². The van der Waals surface area contributed by atoms with Crippen molar-refractivity contribution in [3.05, 3.63) is 58.6 Å². The molecule has 116 valence electrons. The van der Waals surface area contributed by atoms with Gasteiger partial charge in [-0.25, -0.2) is 4.79 Å². The molecule has 0 aliphatic rings. The lowest BCUT2D eigenvalue weighted by molar-refractivity contribution is -0.145. The number of rotatable bonds is 6. The van der Waals surface area contributed by atoms with E-state index in [-0.39, 0.29) is 6.42 Å². The van der Waals surface area contributed by atoms with Gasteiger partial charge in [-0.15, -0.1) is 0 Å². The van der Waals surface area contributed by atoms with Crippen LogP contribution in [0.3, 0.4) is 0 Å². The highest BCUT2D eigenvalue weighted by atomic mass is 35.5. The molecule has 0 spiro atoms. The Morgan fingerprint density at radius 3 is 2.55 bits per heavy atom. The topological polar surface area (TPSA) is 55.8 Å². The summed E-state index contributed by atoms with van der Waals surface area (Å²) in [6, 6.07) is 12.4. The SMILES string of the molecule is COc1ccccc1OC(Cc1cc(Cl)ccc1C)C(=O)O. The van der Waals surface area contributed by atoms with E-state index in [4.69, 9.17) is 21.1 Å². The van der Waals surface area contributed by atoms with Crippen molar-refractivity contribution in [1.82, 2.24) is 0 Å². The van der Waals surface area contributed by atoms with Crippen LogP contribution >= 0.6 is 11.6 Å². The molecule has 0 aliphatic carbocycles. The molecule has 4 nitrogen and oxygen atoms in total. The van der Waals surface area contributed by atoms with Crippen molar-refractivity contribution >= 4 is 17.6 Å². The first-order valence-electron chi connectivity index (χ1n) is 6.78. The zero-order valence-electron chi connectivity index (χ0n) is 12.4. The second kappa shape index (κ2) is 7.18. The summed E-state index contributed by atoms with van der Waals surface area (Å²) in [4.78, 5) is 11.5.